The second-order valence-electron chi connectivity index (χ2n) is 8.10. The van der Waals surface area contributed by atoms with Gasteiger partial charge in [-0.05, 0) is 42.6 Å². The van der Waals surface area contributed by atoms with Gasteiger partial charge in [-0.25, -0.2) is 0 Å². The number of ether oxygens (including phenoxy) is 3. The molecule has 1 atom stereocenters. The summed E-state index contributed by atoms with van der Waals surface area (Å²) in [6.45, 7) is 4.92. The summed E-state index contributed by atoms with van der Waals surface area (Å²) in [6, 6.07) is 16.5. The Morgan fingerprint density at radius 2 is 1.93 bits per heavy atom. The molecule has 156 valence electrons. The minimum atomic E-state index is 0.281. The van der Waals surface area contributed by atoms with Crippen LogP contribution in [0.25, 0.3) is 11.3 Å². The first-order chi connectivity index (χ1) is 14.8. The Morgan fingerprint density at radius 1 is 1.07 bits per heavy atom. The average molecular weight is 405 g/mol. The van der Waals surface area contributed by atoms with Gasteiger partial charge in [0, 0.05) is 37.5 Å². The molecule has 1 aromatic heterocycles. The second kappa shape index (κ2) is 8.50. The van der Waals surface area contributed by atoms with Gasteiger partial charge in [-0.2, -0.15) is 5.10 Å². The van der Waals surface area contributed by atoms with E-state index in [0.717, 1.165) is 55.5 Å². The maximum Gasteiger partial charge on any atom is 0.231 e. The van der Waals surface area contributed by atoms with Crippen molar-refractivity contribution in [2.24, 2.45) is 5.92 Å². The Balaban J connectivity index is 1.43. The van der Waals surface area contributed by atoms with Crippen LogP contribution in [-0.4, -0.2) is 48.3 Å². The maximum absolute atomic E-state index is 5.60. The van der Waals surface area contributed by atoms with Crippen molar-refractivity contribution in [3.05, 3.63) is 65.9 Å². The molecular formula is C24H27N3O3. The van der Waals surface area contributed by atoms with Crippen molar-refractivity contribution < 1.29 is 14.2 Å². The number of likely N-dealkylation sites (tertiary alicyclic amines) is 1. The van der Waals surface area contributed by atoms with E-state index < -0.39 is 0 Å². The Bertz CT molecular complexity index is 1000. The lowest BCUT2D eigenvalue weighted by atomic mass is 10.1. The molecular weight excluding hydrogens is 378 g/mol. The van der Waals surface area contributed by atoms with Gasteiger partial charge in [-0.15, -0.1) is 0 Å². The van der Waals surface area contributed by atoms with Gasteiger partial charge in [-0.1, -0.05) is 30.3 Å². The zero-order valence-electron chi connectivity index (χ0n) is 17.3. The highest BCUT2D eigenvalue weighted by Gasteiger charge is 2.25. The fourth-order valence-corrected chi connectivity index (χ4v) is 4.39. The third-order valence-electron chi connectivity index (χ3n) is 5.84. The van der Waals surface area contributed by atoms with Gasteiger partial charge in [0.05, 0.1) is 18.8 Å². The highest BCUT2D eigenvalue weighted by atomic mass is 16.7. The molecule has 1 unspecified atom stereocenters. The van der Waals surface area contributed by atoms with Crippen LogP contribution in [-0.2, 0) is 17.8 Å². The van der Waals surface area contributed by atoms with E-state index in [1.807, 2.05) is 22.9 Å². The zero-order chi connectivity index (χ0) is 20.3. The number of aromatic nitrogens is 2. The van der Waals surface area contributed by atoms with Gasteiger partial charge < -0.3 is 14.2 Å². The molecule has 6 nitrogen and oxygen atoms in total. The van der Waals surface area contributed by atoms with Crippen LogP contribution >= 0.6 is 0 Å². The molecule has 30 heavy (non-hydrogen) atoms. The summed E-state index contributed by atoms with van der Waals surface area (Å²) in [5, 5.41) is 4.97. The van der Waals surface area contributed by atoms with Gasteiger partial charge in [0.2, 0.25) is 6.79 Å². The molecule has 1 saturated heterocycles. The molecule has 0 aliphatic carbocycles. The average Bonchev–Trinajstić information content (AvgIpc) is 3.49. The topological polar surface area (TPSA) is 48.8 Å². The number of hydrogen-bond acceptors (Lipinski definition) is 5. The van der Waals surface area contributed by atoms with Crippen LogP contribution in [0.15, 0.2) is 54.7 Å². The molecule has 0 amide bonds. The summed E-state index contributed by atoms with van der Waals surface area (Å²) < 4.78 is 18.5. The first kappa shape index (κ1) is 19.2. The summed E-state index contributed by atoms with van der Waals surface area (Å²) in [7, 11) is 1.79. The Kier molecular flexibility index (Phi) is 5.43. The van der Waals surface area contributed by atoms with Crippen molar-refractivity contribution in [2.45, 2.75) is 19.5 Å². The molecule has 0 spiro atoms. The van der Waals surface area contributed by atoms with Crippen molar-refractivity contribution in [3.63, 3.8) is 0 Å². The number of benzene rings is 2. The van der Waals surface area contributed by atoms with Crippen molar-refractivity contribution >= 4 is 0 Å². The Hall–Kier alpha value is -2.83. The molecule has 0 N–H and O–H groups in total. The lowest BCUT2D eigenvalue weighted by Crippen LogP contribution is -2.21. The van der Waals surface area contributed by atoms with Crippen LogP contribution in [0.3, 0.4) is 0 Å². The van der Waals surface area contributed by atoms with Crippen LogP contribution in [0.4, 0.5) is 0 Å². The largest absolute Gasteiger partial charge is 0.454 e. The van der Waals surface area contributed by atoms with Crippen LogP contribution in [0.1, 0.15) is 17.5 Å². The van der Waals surface area contributed by atoms with Crippen LogP contribution < -0.4 is 9.47 Å². The van der Waals surface area contributed by atoms with E-state index in [9.17, 15) is 0 Å². The minimum absolute atomic E-state index is 0.281. The molecule has 2 aliphatic rings. The highest BCUT2D eigenvalue weighted by molar-refractivity contribution is 5.67. The van der Waals surface area contributed by atoms with E-state index in [1.54, 1.807) is 7.11 Å². The smallest absolute Gasteiger partial charge is 0.231 e. The highest BCUT2D eigenvalue weighted by Crippen LogP contribution is 2.37. The maximum atomic E-state index is 5.60. The summed E-state index contributed by atoms with van der Waals surface area (Å²) >= 11 is 0. The monoisotopic (exact) mass is 405 g/mol. The van der Waals surface area contributed by atoms with Crippen molar-refractivity contribution in [1.29, 1.82) is 0 Å². The van der Waals surface area contributed by atoms with E-state index >= 15 is 0 Å². The third-order valence-corrected chi connectivity index (χ3v) is 5.84. The molecule has 3 heterocycles. The SMILES string of the molecule is COCC1CCN(Cc2cn(Cc3ccccc3)nc2-c2ccc3c(c2)OCO3)C1. The summed E-state index contributed by atoms with van der Waals surface area (Å²) in [5.41, 5.74) is 4.56. The van der Waals surface area contributed by atoms with Gasteiger partial charge >= 0.3 is 0 Å². The van der Waals surface area contributed by atoms with Gasteiger partial charge in [0.25, 0.3) is 0 Å². The van der Waals surface area contributed by atoms with Crippen LogP contribution in [0, 0.1) is 5.92 Å². The Labute approximate surface area is 177 Å². The van der Waals surface area contributed by atoms with Crippen LogP contribution in [0.2, 0.25) is 0 Å². The van der Waals surface area contributed by atoms with E-state index in [0.29, 0.717) is 5.92 Å². The molecule has 0 saturated carbocycles. The molecule has 2 aliphatic heterocycles. The van der Waals surface area contributed by atoms with E-state index in [4.69, 9.17) is 19.3 Å². The lowest BCUT2D eigenvalue weighted by Gasteiger charge is -2.15. The predicted molar refractivity (Wildman–Crippen MR) is 115 cm³/mol. The van der Waals surface area contributed by atoms with Gasteiger partial charge in [0.1, 0.15) is 0 Å². The quantitative estimate of drug-likeness (QED) is 0.599. The fourth-order valence-electron chi connectivity index (χ4n) is 4.39. The molecule has 6 heteroatoms. The molecule has 0 bridgehead atoms. The third kappa shape index (κ3) is 4.06. The standard InChI is InChI=1S/C24H27N3O3/c1-28-16-19-9-10-26(12-19)14-21-15-27(13-18-5-3-2-4-6-18)25-24(21)20-7-8-22-23(11-20)30-17-29-22/h2-8,11,15,19H,9-10,12-14,16-17H2,1H3. The first-order valence-corrected chi connectivity index (χ1v) is 10.5. The predicted octanol–water partition coefficient (Wildman–Crippen LogP) is 3.80. The Morgan fingerprint density at radius 3 is 2.80 bits per heavy atom. The molecule has 3 aromatic rings. The number of rotatable bonds is 7. The van der Waals surface area contributed by atoms with Crippen molar-refractivity contribution in [1.82, 2.24) is 14.7 Å². The molecule has 5 rings (SSSR count). The van der Waals surface area contributed by atoms with Crippen molar-refractivity contribution in [2.75, 3.05) is 33.6 Å². The van der Waals surface area contributed by atoms with Crippen molar-refractivity contribution in [3.8, 4) is 22.8 Å². The normalized spacial score (nSPS) is 18.2. The van der Waals surface area contributed by atoms with Gasteiger partial charge in [-0.3, -0.25) is 9.58 Å². The zero-order valence-corrected chi connectivity index (χ0v) is 17.3. The number of nitrogens with zero attached hydrogens (tertiary/aromatic N) is 3. The number of hydrogen-bond donors (Lipinski definition) is 0. The van der Waals surface area contributed by atoms with E-state index in [-0.39, 0.29) is 6.79 Å². The molecule has 1 fully saturated rings. The lowest BCUT2D eigenvalue weighted by molar-refractivity contribution is 0.152. The summed E-state index contributed by atoms with van der Waals surface area (Å²) in [4.78, 5) is 2.50. The first-order valence-electron chi connectivity index (χ1n) is 10.5. The van der Waals surface area contributed by atoms with Crippen LogP contribution in [0.5, 0.6) is 11.5 Å². The van der Waals surface area contributed by atoms with E-state index in [2.05, 4.69) is 41.4 Å². The summed E-state index contributed by atoms with van der Waals surface area (Å²) in [5.74, 6) is 2.20. The summed E-state index contributed by atoms with van der Waals surface area (Å²) in [6.07, 6.45) is 3.38. The fraction of sp³-hybridized carbons (Fsp3) is 0.375. The van der Waals surface area contributed by atoms with Gasteiger partial charge in [0.15, 0.2) is 11.5 Å². The number of methoxy groups -OCH3 is 1. The second-order valence-corrected chi connectivity index (χ2v) is 8.10. The minimum Gasteiger partial charge on any atom is -0.454 e. The number of fused-ring (bicyclic) bond motifs is 1. The molecule has 0 radical (unpaired) electrons. The van der Waals surface area contributed by atoms with E-state index in [1.165, 1.54) is 17.5 Å². The molecule has 2 aromatic carbocycles.